The Morgan fingerprint density at radius 3 is 2.32 bits per heavy atom. The van der Waals surface area contributed by atoms with Gasteiger partial charge in [-0.3, -0.25) is 9.48 Å². The predicted octanol–water partition coefficient (Wildman–Crippen LogP) is 2.84. The molecule has 0 bridgehead atoms. The van der Waals surface area contributed by atoms with E-state index in [1.165, 1.54) is 83.1 Å². The third kappa shape index (κ3) is 13.9. The van der Waals surface area contributed by atoms with E-state index in [0.717, 1.165) is 30.8 Å². The lowest BCUT2D eigenvalue weighted by atomic mass is 10.1. The second kappa shape index (κ2) is 19.6. The topological polar surface area (TPSA) is 132 Å². The standard InChI is InChI=1S/C24H45N5O4S/c1-3-4-5-6-7-8-9-10-11-12-13-15-29-17-20(27-28-29)14-16-34-19-21(25)23(31)26-22(18-30)24(32)33-2/h17,21-22,30H,3-16,18-19,25H2,1-2H3,(H,26,31)/t21-,22-/m0/s1. The highest BCUT2D eigenvalue weighted by molar-refractivity contribution is 7.99. The first-order valence-corrected chi connectivity index (χ1v) is 13.9. The maximum absolute atomic E-state index is 12.1. The van der Waals surface area contributed by atoms with Crippen LogP contribution in [0.15, 0.2) is 6.20 Å². The Morgan fingerprint density at radius 2 is 1.74 bits per heavy atom. The number of unbranched alkanes of at least 4 members (excludes halogenated alkanes) is 10. The molecule has 4 N–H and O–H groups in total. The molecule has 0 saturated heterocycles. The van der Waals surface area contributed by atoms with Gasteiger partial charge in [-0.15, -0.1) is 5.10 Å². The monoisotopic (exact) mass is 499 g/mol. The lowest BCUT2D eigenvalue weighted by Gasteiger charge is -2.17. The maximum atomic E-state index is 12.1. The van der Waals surface area contributed by atoms with Gasteiger partial charge in [0.2, 0.25) is 5.91 Å². The first kappa shape index (κ1) is 30.4. The van der Waals surface area contributed by atoms with Crippen molar-refractivity contribution in [2.24, 2.45) is 5.73 Å². The molecule has 1 rings (SSSR count). The van der Waals surface area contributed by atoms with Crippen LogP contribution in [-0.2, 0) is 27.3 Å². The summed E-state index contributed by atoms with van der Waals surface area (Å²) in [6.45, 7) is 2.62. The lowest BCUT2D eigenvalue weighted by Crippen LogP contribution is -2.51. The molecule has 0 saturated carbocycles. The zero-order valence-electron chi connectivity index (χ0n) is 21.0. The summed E-state index contributed by atoms with van der Waals surface area (Å²) in [4.78, 5) is 23.5. The molecule has 34 heavy (non-hydrogen) atoms. The smallest absolute Gasteiger partial charge is 0.330 e. The zero-order valence-corrected chi connectivity index (χ0v) is 21.9. The van der Waals surface area contributed by atoms with E-state index in [1.54, 1.807) is 0 Å². The molecule has 0 aliphatic carbocycles. The van der Waals surface area contributed by atoms with E-state index in [1.807, 2.05) is 10.9 Å². The van der Waals surface area contributed by atoms with Crippen LogP contribution in [0.5, 0.6) is 0 Å². The molecule has 9 nitrogen and oxygen atoms in total. The van der Waals surface area contributed by atoms with Crippen LogP contribution in [0.3, 0.4) is 0 Å². The van der Waals surface area contributed by atoms with Gasteiger partial charge < -0.3 is 20.9 Å². The number of ether oxygens (including phenoxy) is 1. The number of carbonyl (C=O) groups excluding carboxylic acids is 2. The van der Waals surface area contributed by atoms with Crippen LogP contribution in [0.1, 0.15) is 83.2 Å². The Labute approximate surface area is 208 Å². The first-order valence-electron chi connectivity index (χ1n) is 12.7. The average Bonchev–Trinajstić information content (AvgIpc) is 3.30. The predicted molar refractivity (Wildman–Crippen MR) is 137 cm³/mol. The number of rotatable bonds is 21. The van der Waals surface area contributed by atoms with Gasteiger partial charge in [0.15, 0.2) is 6.04 Å². The number of aliphatic hydroxyl groups excluding tert-OH is 1. The van der Waals surface area contributed by atoms with Crippen molar-refractivity contribution in [3.63, 3.8) is 0 Å². The lowest BCUT2D eigenvalue weighted by molar-refractivity contribution is -0.146. The molecule has 2 atom stereocenters. The molecule has 0 fully saturated rings. The van der Waals surface area contributed by atoms with Crippen LogP contribution >= 0.6 is 11.8 Å². The number of aliphatic hydroxyl groups is 1. The maximum Gasteiger partial charge on any atom is 0.330 e. The van der Waals surface area contributed by atoms with Crippen LogP contribution in [0, 0.1) is 0 Å². The van der Waals surface area contributed by atoms with Crippen molar-refractivity contribution in [3.8, 4) is 0 Å². The summed E-state index contributed by atoms with van der Waals surface area (Å²) in [5.74, 6) is -0.0295. The molecular formula is C24H45N5O4S. The Kier molecular flexibility index (Phi) is 17.5. The molecule has 0 aromatic carbocycles. The summed E-state index contributed by atoms with van der Waals surface area (Å²) in [5.41, 5.74) is 6.81. The molecule has 0 unspecified atom stereocenters. The number of nitrogens with one attached hydrogen (secondary N) is 1. The van der Waals surface area contributed by atoms with Crippen molar-refractivity contribution < 1.29 is 19.4 Å². The van der Waals surface area contributed by atoms with E-state index in [2.05, 4.69) is 27.3 Å². The molecule has 0 spiro atoms. The minimum atomic E-state index is -1.09. The third-order valence-corrected chi connectivity index (χ3v) is 6.79. The normalized spacial score (nSPS) is 12.9. The fourth-order valence-corrected chi connectivity index (χ4v) is 4.49. The Morgan fingerprint density at radius 1 is 1.12 bits per heavy atom. The van der Waals surface area contributed by atoms with Gasteiger partial charge in [-0.1, -0.05) is 76.3 Å². The largest absolute Gasteiger partial charge is 0.467 e. The second-order valence-corrected chi connectivity index (χ2v) is 9.86. The summed E-state index contributed by atoms with van der Waals surface area (Å²) in [6.07, 6.45) is 17.3. The summed E-state index contributed by atoms with van der Waals surface area (Å²) in [7, 11) is 1.20. The second-order valence-electron chi connectivity index (χ2n) is 8.71. The number of methoxy groups -OCH3 is 1. The first-order chi connectivity index (χ1) is 16.5. The van der Waals surface area contributed by atoms with Gasteiger partial charge in [-0.2, -0.15) is 11.8 Å². The Bertz CT molecular complexity index is 674. The molecule has 196 valence electrons. The van der Waals surface area contributed by atoms with E-state index in [4.69, 9.17) is 10.8 Å². The number of nitrogens with zero attached hydrogens (tertiary/aromatic N) is 3. The Hall–Kier alpha value is -1.65. The van der Waals surface area contributed by atoms with Crippen LogP contribution < -0.4 is 11.1 Å². The van der Waals surface area contributed by atoms with Gasteiger partial charge in [0.1, 0.15) is 0 Å². The molecule has 1 aromatic rings. The van der Waals surface area contributed by atoms with Crippen molar-refractivity contribution in [3.05, 3.63) is 11.9 Å². The molecule has 10 heteroatoms. The average molecular weight is 500 g/mol. The van der Waals surface area contributed by atoms with Crippen molar-refractivity contribution in [1.82, 2.24) is 20.3 Å². The fraction of sp³-hybridized carbons (Fsp3) is 0.833. The van der Waals surface area contributed by atoms with Gasteiger partial charge in [-0.25, -0.2) is 4.79 Å². The van der Waals surface area contributed by atoms with Crippen molar-refractivity contribution in [1.29, 1.82) is 0 Å². The minimum Gasteiger partial charge on any atom is -0.467 e. The number of hydrogen-bond acceptors (Lipinski definition) is 8. The molecule has 0 aliphatic heterocycles. The zero-order chi connectivity index (χ0) is 25.0. The van der Waals surface area contributed by atoms with Crippen LogP contribution in [0.4, 0.5) is 0 Å². The number of nitrogens with two attached hydrogens (primary N) is 1. The number of hydrogen-bond donors (Lipinski definition) is 3. The summed E-state index contributed by atoms with van der Waals surface area (Å²) in [5, 5.41) is 20.0. The van der Waals surface area contributed by atoms with Crippen molar-refractivity contribution >= 4 is 23.6 Å². The Balaban J connectivity index is 2.08. The van der Waals surface area contributed by atoms with Crippen LogP contribution in [0.25, 0.3) is 0 Å². The summed E-state index contributed by atoms with van der Waals surface area (Å²) in [6, 6.07) is -1.87. The van der Waals surface area contributed by atoms with E-state index in [0.29, 0.717) is 5.75 Å². The van der Waals surface area contributed by atoms with Gasteiger partial charge >= 0.3 is 5.97 Å². The number of amides is 1. The molecular weight excluding hydrogens is 454 g/mol. The molecule has 1 amide bonds. The highest BCUT2D eigenvalue weighted by Gasteiger charge is 2.23. The van der Waals surface area contributed by atoms with Crippen LogP contribution in [0.2, 0.25) is 0 Å². The van der Waals surface area contributed by atoms with Crippen LogP contribution in [-0.4, -0.2) is 69.3 Å². The third-order valence-electron chi connectivity index (χ3n) is 5.70. The highest BCUT2D eigenvalue weighted by Crippen LogP contribution is 2.12. The number of aryl methyl sites for hydroxylation is 2. The summed E-state index contributed by atoms with van der Waals surface area (Å²) < 4.78 is 6.43. The van der Waals surface area contributed by atoms with Crippen molar-refractivity contribution in [2.45, 2.75) is 103 Å². The molecule has 1 aromatic heterocycles. The van der Waals surface area contributed by atoms with Gasteiger partial charge in [0.25, 0.3) is 0 Å². The molecule has 0 radical (unpaired) electrons. The van der Waals surface area contributed by atoms with Gasteiger partial charge in [0, 0.05) is 24.9 Å². The summed E-state index contributed by atoms with van der Waals surface area (Å²) >= 11 is 1.54. The molecule has 1 heterocycles. The van der Waals surface area contributed by atoms with E-state index >= 15 is 0 Å². The van der Waals surface area contributed by atoms with Gasteiger partial charge in [0.05, 0.1) is 25.5 Å². The van der Waals surface area contributed by atoms with Gasteiger partial charge in [-0.05, 0) is 12.2 Å². The number of esters is 1. The molecule has 0 aliphatic rings. The number of aromatic nitrogens is 3. The SMILES string of the molecule is CCCCCCCCCCCCCn1cc(CCSC[C@H](N)C(=O)N[C@@H](CO)C(=O)OC)nn1. The van der Waals surface area contributed by atoms with Crippen molar-refractivity contribution in [2.75, 3.05) is 25.2 Å². The highest BCUT2D eigenvalue weighted by atomic mass is 32.2. The quantitative estimate of drug-likeness (QED) is 0.174. The number of thioether (sulfide) groups is 1. The number of carbonyl (C=O) groups is 2. The van der Waals surface area contributed by atoms with E-state index < -0.39 is 30.6 Å². The van der Waals surface area contributed by atoms with E-state index in [-0.39, 0.29) is 0 Å². The fourth-order valence-electron chi connectivity index (χ4n) is 3.56. The van der Waals surface area contributed by atoms with E-state index in [9.17, 15) is 9.59 Å². The minimum absolute atomic E-state index is 0.401.